The molecule has 1 fully saturated rings. The van der Waals surface area contributed by atoms with E-state index >= 15 is 0 Å². The molecule has 1 heterocycles. The maximum absolute atomic E-state index is 12.5. The monoisotopic (exact) mass is 270 g/mol. The predicted octanol–water partition coefficient (Wildman–Crippen LogP) is 2.41. The largest absolute Gasteiger partial charge is 0.481 e. The van der Waals surface area contributed by atoms with Crippen molar-refractivity contribution in [1.29, 1.82) is 0 Å². The Morgan fingerprint density at radius 1 is 1.26 bits per heavy atom. The fourth-order valence-electron chi connectivity index (χ4n) is 2.30. The van der Waals surface area contributed by atoms with E-state index in [1.165, 1.54) is 0 Å². The zero-order chi connectivity index (χ0) is 14.6. The number of carbonyl (C=O) groups excluding carboxylic acids is 1. The molecule has 0 aromatic heterocycles. The third-order valence-corrected chi connectivity index (χ3v) is 3.64. The van der Waals surface area contributed by atoms with Gasteiger partial charge in [0.1, 0.15) is 0 Å². The van der Waals surface area contributed by atoms with Gasteiger partial charge in [0.05, 0.1) is 6.42 Å². The second kappa shape index (κ2) is 6.26. The maximum Gasteiger partial charge on any atom is 0.320 e. The smallest absolute Gasteiger partial charge is 0.320 e. The molecule has 0 aliphatic carbocycles. The van der Waals surface area contributed by atoms with Crippen LogP contribution >= 0.6 is 0 Å². The van der Waals surface area contributed by atoms with E-state index in [2.05, 4.69) is 6.92 Å². The van der Waals surface area contributed by atoms with Crippen LogP contribution in [-0.2, 0) is 4.79 Å². The topological polar surface area (TPSA) is 60.9 Å². The van der Waals surface area contributed by atoms with E-state index in [4.69, 9.17) is 5.11 Å². The van der Waals surface area contributed by atoms with E-state index in [1.54, 1.807) is 4.90 Å². The first-order valence-corrected chi connectivity index (χ1v) is 7.00. The molecule has 0 unspecified atom stereocenters. The lowest BCUT2D eigenvalue weighted by atomic mass is 9.99. The molecule has 0 spiro atoms. The average molecular weight is 270 g/mol. The number of nitrogens with zero attached hydrogens (tertiary/aromatic N) is 2. The van der Waals surface area contributed by atoms with Crippen LogP contribution < -0.4 is 0 Å². The summed E-state index contributed by atoms with van der Waals surface area (Å²) < 4.78 is 0. The van der Waals surface area contributed by atoms with Crippen LogP contribution in [0.5, 0.6) is 0 Å². The molecule has 0 radical (unpaired) electrons. The number of likely N-dealkylation sites (tertiary alicyclic amines) is 1. The van der Waals surface area contributed by atoms with Crippen molar-refractivity contribution in [1.82, 2.24) is 9.80 Å². The van der Waals surface area contributed by atoms with Crippen LogP contribution in [0, 0.1) is 5.92 Å². The van der Waals surface area contributed by atoms with Crippen LogP contribution in [0.3, 0.4) is 0 Å². The highest BCUT2D eigenvalue weighted by molar-refractivity contribution is 5.76. The van der Waals surface area contributed by atoms with Crippen molar-refractivity contribution < 1.29 is 14.7 Å². The number of urea groups is 1. The van der Waals surface area contributed by atoms with Crippen molar-refractivity contribution in [3.8, 4) is 0 Å². The van der Waals surface area contributed by atoms with Gasteiger partial charge in [0.15, 0.2) is 0 Å². The van der Waals surface area contributed by atoms with E-state index in [0.29, 0.717) is 5.92 Å². The van der Waals surface area contributed by atoms with Crippen molar-refractivity contribution in [2.45, 2.75) is 52.5 Å². The molecule has 110 valence electrons. The summed E-state index contributed by atoms with van der Waals surface area (Å²) in [5, 5.41) is 8.80. The number of carboxylic acids is 1. The van der Waals surface area contributed by atoms with Gasteiger partial charge in [-0.2, -0.15) is 0 Å². The van der Waals surface area contributed by atoms with Crippen LogP contribution in [0.15, 0.2) is 0 Å². The number of carboxylic acid groups (broad SMARTS) is 1. The van der Waals surface area contributed by atoms with Gasteiger partial charge in [-0.3, -0.25) is 4.79 Å². The molecule has 1 N–H and O–H groups in total. The molecule has 1 aliphatic rings. The van der Waals surface area contributed by atoms with E-state index in [1.807, 2.05) is 25.7 Å². The van der Waals surface area contributed by atoms with Gasteiger partial charge in [0, 0.05) is 25.2 Å². The summed E-state index contributed by atoms with van der Waals surface area (Å²) in [4.78, 5) is 26.8. The van der Waals surface area contributed by atoms with Gasteiger partial charge in [-0.1, -0.05) is 6.92 Å². The second-order valence-corrected chi connectivity index (χ2v) is 6.42. The van der Waals surface area contributed by atoms with Gasteiger partial charge in [-0.25, -0.2) is 4.79 Å². The molecule has 1 aliphatic heterocycles. The van der Waals surface area contributed by atoms with E-state index < -0.39 is 5.97 Å². The molecule has 1 saturated heterocycles. The number of aliphatic carboxylic acids is 1. The average Bonchev–Trinajstić information content (AvgIpc) is 2.27. The minimum Gasteiger partial charge on any atom is -0.481 e. The third-order valence-electron chi connectivity index (χ3n) is 3.64. The first-order valence-electron chi connectivity index (χ1n) is 7.00. The normalized spacial score (nSPS) is 17.4. The second-order valence-electron chi connectivity index (χ2n) is 6.42. The molecule has 5 nitrogen and oxygen atoms in total. The lowest BCUT2D eigenvalue weighted by molar-refractivity contribution is -0.137. The first kappa shape index (κ1) is 15.8. The van der Waals surface area contributed by atoms with E-state index in [0.717, 1.165) is 25.9 Å². The Balaban J connectivity index is 2.68. The highest BCUT2D eigenvalue weighted by atomic mass is 16.4. The summed E-state index contributed by atoms with van der Waals surface area (Å²) in [6, 6.07) is -0.0272. The molecule has 0 saturated carbocycles. The predicted molar refractivity (Wildman–Crippen MR) is 74.1 cm³/mol. The van der Waals surface area contributed by atoms with Gasteiger partial charge in [0.2, 0.25) is 0 Å². The van der Waals surface area contributed by atoms with Crippen LogP contribution in [0.25, 0.3) is 0 Å². The maximum atomic E-state index is 12.5. The first-order chi connectivity index (χ1) is 8.71. The van der Waals surface area contributed by atoms with Crippen LogP contribution in [-0.4, -0.2) is 52.1 Å². The summed E-state index contributed by atoms with van der Waals surface area (Å²) in [7, 11) is 0. The molecular formula is C14H26N2O3. The number of carbonyl (C=O) groups is 2. The molecule has 2 amide bonds. The van der Waals surface area contributed by atoms with Gasteiger partial charge in [-0.05, 0) is 39.5 Å². The van der Waals surface area contributed by atoms with Gasteiger partial charge < -0.3 is 14.9 Å². The zero-order valence-corrected chi connectivity index (χ0v) is 12.5. The molecular weight excluding hydrogens is 244 g/mol. The number of piperidine rings is 1. The highest BCUT2D eigenvalue weighted by Gasteiger charge is 2.31. The van der Waals surface area contributed by atoms with Crippen molar-refractivity contribution in [3.05, 3.63) is 0 Å². The van der Waals surface area contributed by atoms with Gasteiger partial charge in [-0.15, -0.1) is 0 Å². The Kier molecular flexibility index (Phi) is 5.20. The van der Waals surface area contributed by atoms with Crippen molar-refractivity contribution in [2.75, 3.05) is 19.6 Å². The Hall–Kier alpha value is -1.26. The van der Waals surface area contributed by atoms with Gasteiger partial charge in [0.25, 0.3) is 0 Å². The molecule has 0 bridgehead atoms. The lowest BCUT2D eigenvalue weighted by Gasteiger charge is -2.41. The van der Waals surface area contributed by atoms with Crippen molar-refractivity contribution in [3.63, 3.8) is 0 Å². The van der Waals surface area contributed by atoms with Crippen molar-refractivity contribution >= 4 is 12.0 Å². The van der Waals surface area contributed by atoms with Crippen LogP contribution in [0.2, 0.25) is 0 Å². The summed E-state index contributed by atoms with van der Waals surface area (Å²) in [5.41, 5.74) is -0.352. The quantitative estimate of drug-likeness (QED) is 0.856. The fourth-order valence-corrected chi connectivity index (χ4v) is 2.30. The SMILES string of the molecule is CC1CCN(C(=O)N(CCC(=O)O)C(C)(C)C)CC1. The highest BCUT2D eigenvalue weighted by Crippen LogP contribution is 2.21. The van der Waals surface area contributed by atoms with E-state index in [9.17, 15) is 9.59 Å². The number of hydrogen-bond donors (Lipinski definition) is 1. The van der Waals surface area contributed by atoms with Gasteiger partial charge >= 0.3 is 12.0 Å². The molecule has 1 rings (SSSR count). The molecule has 0 atom stereocenters. The van der Waals surface area contributed by atoms with E-state index in [-0.39, 0.29) is 24.5 Å². The minimum atomic E-state index is -0.866. The molecule has 19 heavy (non-hydrogen) atoms. The zero-order valence-electron chi connectivity index (χ0n) is 12.5. The lowest BCUT2D eigenvalue weighted by Crippen LogP contribution is -2.54. The number of amides is 2. The van der Waals surface area contributed by atoms with Crippen molar-refractivity contribution in [2.24, 2.45) is 5.92 Å². The Morgan fingerprint density at radius 2 is 1.79 bits per heavy atom. The number of rotatable bonds is 3. The number of hydrogen-bond acceptors (Lipinski definition) is 2. The Bertz CT molecular complexity index is 328. The minimum absolute atomic E-state index is 0.00669. The van der Waals surface area contributed by atoms with Crippen LogP contribution in [0.4, 0.5) is 4.79 Å². The summed E-state index contributed by atoms with van der Waals surface area (Å²) in [6.07, 6.45) is 2.05. The summed E-state index contributed by atoms with van der Waals surface area (Å²) in [5.74, 6) is -0.194. The molecule has 5 heteroatoms. The Labute approximate surface area is 115 Å². The fraction of sp³-hybridized carbons (Fsp3) is 0.857. The van der Waals surface area contributed by atoms with Crippen LogP contribution in [0.1, 0.15) is 47.0 Å². The standard InChI is InChI=1S/C14H26N2O3/c1-11-5-8-15(9-6-11)13(19)16(14(2,3)4)10-7-12(17)18/h11H,5-10H2,1-4H3,(H,17,18). The molecule has 0 aromatic carbocycles. The summed E-state index contributed by atoms with van der Waals surface area (Å²) in [6.45, 7) is 9.86. The Morgan fingerprint density at radius 3 is 2.21 bits per heavy atom. The third kappa shape index (κ3) is 4.73. The molecule has 0 aromatic rings. The summed E-state index contributed by atoms with van der Waals surface area (Å²) >= 11 is 0.